The number of aryl methyl sites for hydroxylation is 1. The lowest BCUT2D eigenvalue weighted by atomic mass is 10.00. The fraction of sp³-hybridized carbons (Fsp3) is 0.387. The van der Waals surface area contributed by atoms with Crippen LogP contribution in [0.25, 0.3) is 21.7 Å². The molecule has 0 bridgehead atoms. The van der Waals surface area contributed by atoms with Gasteiger partial charge in [0.25, 0.3) is 0 Å². The maximum absolute atomic E-state index is 13.0. The molecule has 0 spiro atoms. The van der Waals surface area contributed by atoms with Gasteiger partial charge in [-0.05, 0) is 178 Å². The van der Waals surface area contributed by atoms with Gasteiger partial charge in [-0.25, -0.2) is 30.7 Å². The summed E-state index contributed by atoms with van der Waals surface area (Å²) in [5.41, 5.74) is 8.45. The summed E-state index contributed by atoms with van der Waals surface area (Å²) < 4.78 is 90.6. The number of rotatable bonds is 15. The molecule has 460 valence electrons. The molecule has 9 rings (SSSR count). The second-order valence-corrected chi connectivity index (χ2v) is 26.2. The van der Waals surface area contributed by atoms with Gasteiger partial charge in [0.15, 0.2) is 23.3 Å². The first-order valence-electron chi connectivity index (χ1n) is 30.0. The molecule has 0 aliphatic heterocycles. The van der Waals surface area contributed by atoms with Crippen molar-refractivity contribution in [1.82, 2.24) is 4.98 Å². The minimum absolute atomic E-state index is 0.189. The van der Waals surface area contributed by atoms with Crippen molar-refractivity contribution in [1.29, 1.82) is 0 Å². The second-order valence-electron chi connectivity index (χ2n) is 24.6. The van der Waals surface area contributed by atoms with Gasteiger partial charge < -0.3 is 4.98 Å². The van der Waals surface area contributed by atoms with Crippen LogP contribution in [-0.4, -0.2) is 4.98 Å². The molecule has 0 aliphatic rings. The van der Waals surface area contributed by atoms with E-state index in [9.17, 15) is 30.7 Å². The highest BCUT2D eigenvalue weighted by atomic mass is 79.9. The number of aromatic amines is 1. The summed E-state index contributed by atoms with van der Waals surface area (Å²) in [5.74, 6) is -6.33. The molecule has 2 heterocycles. The molecule has 0 amide bonds. The van der Waals surface area contributed by atoms with Crippen molar-refractivity contribution in [3.05, 3.63) is 247 Å². The van der Waals surface area contributed by atoms with Crippen molar-refractivity contribution in [2.45, 2.75) is 148 Å². The molecule has 0 aliphatic carbocycles. The first-order chi connectivity index (χ1) is 40.2. The molecular formula is C75H93BrF7NS. The maximum atomic E-state index is 13.0. The Morgan fingerprint density at radius 3 is 1.41 bits per heavy atom. The fourth-order valence-electron chi connectivity index (χ4n) is 9.10. The molecule has 7 aromatic carbocycles. The number of hydrogen-bond acceptors (Lipinski definition) is 1. The average Bonchev–Trinajstić information content (AvgIpc) is 3.53. The van der Waals surface area contributed by atoms with Gasteiger partial charge in [-0.1, -0.05) is 222 Å². The van der Waals surface area contributed by atoms with Gasteiger partial charge in [0.05, 0.1) is 0 Å². The summed E-state index contributed by atoms with van der Waals surface area (Å²) >= 11 is 5.31. The molecule has 1 nitrogen and oxygen atoms in total. The van der Waals surface area contributed by atoms with Crippen LogP contribution in [0.3, 0.4) is 0 Å². The van der Waals surface area contributed by atoms with Crippen LogP contribution in [0, 0.1) is 82.1 Å². The Bertz CT molecular complexity index is 3220. The van der Waals surface area contributed by atoms with Crippen LogP contribution in [0.5, 0.6) is 0 Å². The lowest BCUT2D eigenvalue weighted by molar-refractivity contribution is 0.366. The number of benzene rings is 7. The first kappa shape index (κ1) is 73.3. The fourth-order valence-corrected chi connectivity index (χ4v) is 10.2. The third-order valence-electron chi connectivity index (χ3n) is 12.9. The van der Waals surface area contributed by atoms with E-state index < -0.39 is 46.3 Å². The van der Waals surface area contributed by atoms with E-state index in [1.54, 1.807) is 25.2 Å². The lowest BCUT2D eigenvalue weighted by Gasteiger charge is -2.09. The van der Waals surface area contributed by atoms with Gasteiger partial charge in [0.2, 0.25) is 5.82 Å². The molecule has 9 aromatic rings. The summed E-state index contributed by atoms with van der Waals surface area (Å²) in [7, 11) is 0. The molecule has 85 heavy (non-hydrogen) atoms. The second kappa shape index (κ2) is 38.9. The molecule has 10 heteroatoms. The molecule has 0 saturated carbocycles. The van der Waals surface area contributed by atoms with E-state index in [0.29, 0.717) is 12.3 Å². The van der Waals surface area contributed by atoms with Gasteiger partial charge in [-0.3, -0.25) is 0 Å². The zero-order valence-corrected chi connectivity index (χ0v) is 55.1. The lowest BCUT2D eigenvalue weighted by Crippen LogP contribution is -2.09. The van der Waals surface area contributed by atoms with Crippen LogP contribution in [0.2, 0.25) is 0 Å². The molecule has 0 radical (unpaired) electrons. The molecule has 2 aromatic heterocycles. The summed E-state index contributed by atoms with van der Waals surface area (Å²) in [6, 6.07) is 48.7. The van der Waals surface area contributed by atoms with E-state index in [0.717, 1.165) is 54.1 Å². The number of nitrogens with one attached hydrogen (secondary N) is 1. The van der Waals surface area contributed by atoms with E-state index in [2.05, 4.69) is 228 Å². The number of para-hydroxylation sites is 1. The van der Waals surface area contributed by atoms with E-state index in [1.807, 2.05) is 19.9 Å². The monoisotopic (exact) mass is 1250 g/mol. The first-order valence-corrected chi connectivity index (χ1v) is 31.7. The Kier molecular flexibility index (Phi) is 33.6. The quantitative estimate of drug-likeness (QED) is 0.0598. The van der Waals surface area contributed by atoms with Gasteiger partial charge in [0.1, 0.15) is 11.6 Å². The van der Waals surface area contributed by atoms with Crippen LogP contribution in [0.1, 0.15) is 142 Å². The Morgan fingerprint density at radius 2 is 0.871 bits per heavy atom. The zero-order chi connectivity index (χ0) is 63.2. The predicted molar refractivity (Wildman–Crippen MR) is 354 cm³/mol. The summed E-state index contributed by atoms with van der Waals surface area (Å²) in [6.07, 6.45) is 9.88. The van der Waals surface area contributed by atoms with Crippen molar-refractivity contribution >= 4 is 48.9 Å². The van der Waals surface area contributed by atoms with Crippen LogP contribution < -0.4 is 0 Å². The molecule has 1 N–H and O–H groups in total. The van der Waals surface area contributed by atoms with Gasteiger partial charge in [0, 0.05) is 33.2 Å². The van der Waals surface area contributed by atoms with E-state index in [4.69, 9.17) is 0 Å². The van der Waals surface area contributed by atoms with Crippen molar-refractivity contribution in [2.24, 2.45) is 41.4 Å². The third kappa shape index (κ3) is 28.9. The minimum Gasteiger partial charge on any atom is -0.361 e. The summed E-state index contributed by atoms with van der Waals surface area (Å²) in [5, 5.41) is 8.42. The molecule has 0 unspecified atom stereocenters. The molecular weight excluding hydrogens is 1160 g/mol. The summed E-state index contributed by atoms with van der Waals surface area (Å²) in [6.45, 7) is 29.8. The van der Waals surface area contributed by atoms with Crippen LogP contribution in [0.15, 0.2) is 167 Å². The predicted octanol–water partition coefficient (Wildman–Crippen LogP) is 24.0. The topological polar surface area (TPSA) is 15.8 Å². The molecule has 0 atom stereocenters. The molecule has 0 saturated heterocycles. The number of thiophene rings is 1. The Balaban J connectivity index is 0.000000261. The number of aromatic nitrogens is 1. The highest BCUT2D eigenvalue weighted by Crippen LogP contribution is 2.26. The maximum Gasteiger partial charge on any atom is 0.200 e. The zero-order valence-electron chi connectivity index (χ0n) is 52.7. The van der Waals surface area contributed by atoms with Crippen LogP contribution >= 0.6 is 27.3 Å². The normalized spacial score (nSPS) is 10.9. The number of H-pyrrole nitrogens is 1. The minimum atomic E-state index is -2.11. The number of fused-ring (bicyclic) bond motifs is 2. The third-order valence-corrected chi connectivity index (χ3v) is 14.4. The van der Waals surface area contributed by atoms with Crippen molar-refractivity contribution in [3.8, 4) is 0 Å². The van der Waals surface area contributed by atoms with Crippen molar-refractivity contribution < 1.29 is 30.7 Å². The standard InChI is InChI=1S/C14H16.C12H15N.C11H16.C10H13Br.C10H9F5.C10H12F2.C8H12S/c1-11(2)9-12-7-8-13-5-3-4-6-14(13)10-12;1-9(2)7-10-8-13-12-6-4-3-5-11(10)12;1-10(2)8-9-11-6-4-3-5-7-11;1-8(2)7-9-5-3-4-6-10(9)11;1-4(2)3-5-6(11)8(13)10(15)9(14)7(5)12;1-7(2)3-8-4-9(11)6-10(12)5-8;1-7(2)5-8-3-4-9-6-8/h3-8,10-11H,9H2,1-2H3;3-6,8-9,13H,7H2,1-2H3;3-7,10H,8-9H2,1-2H3;3-6,8H,7H2,1-2H3;4H,3H2,1-2H3;4-7H,3H2,1-2H3;3-4,6-7H,5H2,1-2H3. The Morgan fingerprint density at radius 1 is 0.388 bits per heavy atom. The van der Waals surface area contributed by atoms with Crippen LogP contribution in [-0.2, 0) is 44.9 Å². The Labute approximate surface area is 518 Å². The highest BCUT2D eigenvalue weighted by Gasteiger charge is 2.25. The largest absolute Gasteiger partial charge is 0.361 e. The van der Waals surface area contributed by atoms with Crippen molar-refractivity contribution in [3.63, 3.8) is 0 Å². The Hall–Kier alpha value is -5.97. The average molecular weight is 1250 g/mol. The summed E-state index contributed by atoms with van der Waals surface area (Å²) in [4.78, 5) is 3.29. The van der Waals surface area contributed by atoms with Crippen LogP contribution in [0.4, 0.5) is 30.7 Å². The van der Waals surface area contributed by atoms with E-state index in [1.165, 1.54) is 91.8 Å². The smallest absolute Gasteiger partial charge is 0.200 e. The van der Waals surface area contributed by atoms with E-state index in [-0.39, 0.29) is 12.3 Å². The van der Waals surface area contributed by atoms with Crippen molar-refractivity contribution in [2.75, 3.05) is 0 Å². The number of halogens is 8. The molecule has 0 fully saturated rings. The highest BCUT2D eigenvalue weighted by molar-refractivity contribution is 9.10. The van der Waals surface area contributed by atoms with Gasteiger partial charge in [-0.15, -0.1) is 0 Å². The van der Waals surface area contributed by atoms with E-state index >= 15 is 0 Å². The number of hydrogen-bond donors (Lipinski definition) is 1. The van der Waals surface area contributed by atoms with Gasteiger partial charge in [-0.2, -0.15) is 11.3 Å². The SMILES string of the molecule is CC(C)CCc1ccccc1.CC(C)Cc1c(F)c(F)c(F)c(F)c1F.CC(C)Cc1c[nH]c2ccccc12.CC(C)Cc1cc(F)cc(F)c1.CC(C)Cc1ccc2ccccc2c1.CC(C)Cc1ccccc1Br.CC(C)Cc1ccsc1. The van der Waals surface area contributed by atoms with Gasteiger partial charge >= 0.3 is 0 Å².